The Morgan fingerprint density at radius 2 is 2.09 bits per heavy atom. The van der Waals surface area contributed by atoms with Gasteiger partial charge in [0.2, 0.25) is 11.7 Å². The van der Waals surface area contributed by atoms with Crippen molar-refractivity contribution in [2.24, 2.45) is 0 Å². The van der Waals surface area contributed by atoms with Gasteiger partial charge in [-0.15, -0.1) is 10.2 Å². The smallest absolute Gasteiger partial charge is 0.246 e. The summed E-state index contributed by atoms with van der Waals surface area (Å²) in [5, 5.41) is 12.0. The summed E-state index contributed by atoms with van der Waals surface area (Å²) in [5.74, 6) is 0.0835. The third-order valence-corrected chi connectivity index (χ3v) is 3.96. The number of rotatable bonds is 3. The van der Waals surface area contributed by atoms with Crippen molar-refractivity contribution in [2.45, 2.75) is 38.8 Å². The van der Waals surface area contributed by atoms with E-state index in [1.54, 1.807) is 12.1 Å². The van der Waals surface area contributed by atoms with Crippen molar-refractivity contribution >= 4 is 5.91 Å². The Kier molecular flexibility index (Phi) is 4.13. The molecule has 7 heteroatoms. The van der Waals surface area contributed by atoms with Gasteiger partial charge in [0.1, 0.15) is 12.4 Å². The second-order valence-electron chi connectivity index (χ2n) is 5.58. The highest BCUT2D eigenvalue weighted by molar-refractivity contribution is 5.76. The molecule has 0 N–H and O–H groups in total. The molecule has 0 aliphatic carbocycles. The SMILES string of the molecule is C[C@H]1CCCCN1C(=O)Cn1nnc(-c2ccc(F)cc2)n1. The van der Waals surface area contributed by atoms with Gasteiger partial charge in [-0.25, -0.2) is 4.39 Å². The second kappa shape index (κ2) is 6.21. The molecule has 1 amide bonds. The Bertz CT molecular complexity index is 654. The minimum atomic E-state index is -0.314. The zero-order valence-electron chi connectivity index (χ0n) is 12.4. The third kappa shape index (κ3) is 3.13. The van der Waals surface area contributed by atoms with Crippen LogP contribution in [0.4, 0.5) is 4.39 Å². The molecular formula is C15H18FN5O. The highest BCUT2D eigenvalue weighted by Gasteiger charge is 2.23. The van der Waals surface area contributed by atoms with Gasteiger partial charge in [-0.1, -0.05) is 0 Å². The van der Waals surface area contributed by atoms with Crippen molar-refractivity contribution in [1.29, 1.82) is 0 Å². The first-order valence-corrected chi connectivity index (χ1v) is 7.47. The van der Waals surface area contributed by atoms with Crippen LogP contribution >= 0.6 is 0 Å². The molecule has 0 saturated carbocycles. The van der Waals surface area contributed by atoms with Gasteiger partial charge in [0.05, 0.1) is 0 Å². The Balaban J connectivity index is 1.68. The van der Waals surface area contributed by atoms with Crippen LogP contribution in [0.1, 0.15) is 26.2 Å². The summed E-state index contributed by atoms with van der Waals surface area (Å²) in [6, 6.07) is 6.13. The average Bonchev–Trinajstić information content (AvgIpc) is 2.97. The summed E-state index contributed by atoms with van der Waals surface area (Å²) >= 11 is 0. The number of hydrogen-bond donors (Lipinski definition) is 0. The summed E-state index contributed by atoms with van der Waals surface area (Å²) in [4.78, 5) is 15.5. The van der Waals surface area contributed by atoms with Crippen molar-refractivity contribution in [2.75, 3.05) is 6.54 Å². The number of hydrogen-bond acceptors (Lipinski definition) is 4. The summed E-state index contributed by atoms with van der Waals surface area (Å²) in [6.07, 6.45) is 3.25. The molecule has 1 atom stereocenters. The van der Waals surface area contributed by atoms with Gasteiger partial charge in [-0.3, -0.25) is 4.79 Å². The fraction of sp³-hybridized carbons (Fsp3) is 0.467. The van der Waals surface area contributed by atoms with Crippen molar-refractivity contribution in [1.82, 2.24) is 25.1 Å². The monoisotopic (exact) mass is 303 g/mol. The molecule has 0 unspecified atom stereocenters. The highest BCUT2D eigenvalue weighted by atomic mass is 19.1. The van der Waals surface area contributed by atoms with Gasteiger partial charge in [0.15, 0.2) is 0 Å². The Morgan fingerprint density at radius 1 is 1.32 bits per heavy atom. The lowest BCUT2D eigenvalue weighted by molar-refractivity contribution is -0.135. The number of carbonyl (C=O) groups excluding carboxylic acids is 1. The van der Waals surface area contributed by atoms with E-state index in [9.17, 15) is 9.18 Å². The number of amides is 1. The van der Waals surface area contributed by atoms with Crippen LogP contribution in [0.25, 0.3) is 11.4 Å². The van der Waals surface area contributed by atoms with Crippen molar-refractivity contribution in [3.8, 4) is 11.4 Å². The number of nitrogens with zero attached hydrogens (tertiary/aromatic N) is 5. The molecule has 116 valence electrons. The Hall–Kier alpha value is -2.31. The number of halogens is 1. The standard InChI is InChI=1S/C15H18FN5O/c1-11-4-2-3-9-20(11)14(22)10-21-18-15(17-19-21)12-5-7-13(16)8-6-12/h5-8,11H,2-4,9-10H2,1H3/t11-/m0/s1. The van der Waals surface area contributed by atoms with Crippen LogP contribution in [0.3, 0.4) is 0 Å². The molecule has 3 rings (SSSR count). The molecule has 1 aliphatic heterocycles. The van der Waals surface area contributed by atoms with E-state index in [0.29, 0.717) is 11.4 Å². The van der Waals surface area contributed by atoms with Crippen molar-refractivity contribution < 1.29 is 9.18 Å². The maximum atomic E-state index is 12.9. The molecule has 2 aromatic rings. The normalized spacial score (nSPS) is 18.5. The number of tetrazole rings is 1. The van der Waals surface area contributed by atoms with Crippen LogP contribution in [0.5, 0.6) is 0 Å². The zero-order chi connectivity index (χ0) is 15.5. The molecule has 1 fully saturated rings. The van der Waals surface area contributed by atoms with Crippen molar-refractivity contribution in [3.05, 3.63) is 30.1 Å². The first-order chi connectivity index (χ1) is 10.6. The van der Waals surface area contributed by atoms with Gasteiger partial charge < -0.3 is 4.90 Å². The minimum absolute atomic E-state index is 0.00950. The van der Waals surface area contributed by atoms with E-state index in [1.807, 2.05) is 4.90 Å². The molecule has 1 aromatic heterocycles. The van der Waals surface area contributed by atoms with Crippen LogP contribution in [0, 0.1) is 5.82 Å². The number of likely N-dealkylation sites (tertiary alicyclic amines) is 1. The maximum absolute atomic E-state index is 12.9. The number of benzene rings is 1. The summed E-state index contributed by atoms with van der Waals surface area (Å²) < 4.78 is 12.9. The average molecular weight is 303 g/mol. The van der Waals surface area contributed by atoms with Crippen LogP contribution in [-0.2, 0) is 11.3 Å². The first kappa shape index (κ1) is 14.6. The second-order valence-corrected chi connectivity index (χ2v) is 5.58. The molecule has 1 aliphatic rings. The van der Waals surface area contributed by atoms with Crippen LogP contribution < -0.4 is 0 Å². The van der Waals surface area contributed by atoms with Gasteiger partial charge in [0, 0.05) is 18.2 Å². The fourth-order valence-corrected chi connectivity index (χ4v) is 2.71. The van der Waals surface area contributed by atoms with E-state index < -0.39 is 0 Å². The van der Waals surface area contributed by atoms with Gasteiger partial charge in [0.25, 0.3) is 0 Å². The Labute approximate surface area is 127 Å². The van der Waals surface area contributed by atoms with E-state index in [1.165, 1.54) is 23.4 Å². The van der Waals surface area contributed by atoms with Gasteiger partial charge >= 0.3 is 0 Å². The maximum Gasteiger partial charge on any atom is 0.246 e. The highest BCUT2D eigenvalue weighted by Crippen LogP contribution is 2.17. The quantitative estimate of drug-likeness (QED) is 0.868. The first-order valence-electron chi connectivity index (χ1n) is 7.47. The van der Waals surface area contributed by atoms with E-state index in [2.05, 4.69) is 22.3 Å². The predicted molar refractivity (Wildman–Crippen MR) is 78.2 cm³/mol. The lowest BCUT2D eigenvalue weighted by atomic mass is 10.0. The zero-order valence-corrected chi connectivity index (χ0v) is 12.4. The molecule has 22 heavy (non-hydrogen) atoms. The van der Waals surface area contributed by atoms with Gasteiger partial charge in [-0.2, -0.15) is 4.80 Å². The van der Waals surface area contributed by atoms with E-state index in [4.69, 9.17) is 0 Å². The molecule has 0 radical (unpaired) electrons. The van der Waals surface area contributed by atoms with Crippen molar-refractivity contribution in [3.63, 3.8) is 0 Å². The molecular weight excluding hydrogens is 285 g/mol. The van der Waals surface area contributed by atoms with Crippen LogP contribution in [-0.4, -0.2) is 43.6 Å². The number of carbonyl (C=O) groups is 1. The largest absolute Gasteiger partial charge is 0.338 e. The molecule has 0 spiro atoms. The summed E-state index contributed by atoms with van der Waals surface area (Å²) in [7, 11) is 0. The lowest BCUT2D eigenvalue weighted by Crippen LogP contribution is -2.43. The minimum Gasteiger partial charge on any atom is -0.338 e. The van der Waals surface area contributed by atoms with E-state index >= 15 is 0 Å². The number of piperidine rings is 1. The molecule has 1 aromatic carbocycles. The fourth-order valence-electron chi connectivity index (χ4n) is 2.71. The predicted octanol–water partition coefficient (Wildman–Crippen LogP) is 1.88. The van der Waals surface area contributed by atoms with E-state index in [0.717, 1.165) is 19.4 Å². The summed E-state index contributed by atoms with van der Waals surface area (Å²) in [5.41, 5.74) is 0.673. The topological polar surface area (TPSA) is 63.9 Å². The molecule has 1 saturated heterocycles. The lowest BCUT2D eigenvalue weighted by Gasteiger charge is -2.33. The summed E-state index contributed by atoms with van der Waals surface area (Å²) in [6.45, 7) is 2.94. The Morgan fingerprint density at radius 3 is 2.82 bits per heavy atom. The van der Waals surface area contributed by atoms with Crippen LogP contribution in [0.2, 0.25) is 0 Å². The molecule has 6 nitrogen and oxygen atoms in total. The molecule has 2 heterocycles. The van der Waals surface area contributed by atoms with Crippen LogP contribution in [0.15, 0.2) is 24.3 Å². The van der Waals surface area contributed by atoms with Gasteiger partial charge in [-0.05, 0) is 55.7 Å². The van der Waals surface area contributed by atoms with E-state index in [-0.39, 0.29) is 24.3 Å². The number of aromatic nitrogens is 4. The molecule has 0 bridgehead atoms. The third-order valence-electron chi connectivity index (χ3n) is 3.96.